The number of hydrogen-bond acceptors (Lipinski definition) is 4. The first kappa shape index (κ1) is 18.4. The summed E-state index contributed by atoms with van der Waals surface area (Å²) in [4.78, 5) is 17.6. The Bertz CT molecular complexity index is 867. The number of rotatable bonds is 4. The molecule has 1 saturated carbocycles. The summed E-state index contributed by atoms with van der Waals surface area (Å²) in [5.41, 5.74) is 1.47. The number of ether oxygens (including phenoxy) is 1. The Morgan fingerprint density at radius 3 is 3.04 bits per heavy atom. The lowest BCUT2D eigenvalue weighted by Crippen LogP contribution is -2.67. The molecule has 0 radical (unpaired) electrons. The average molecular weight is 389 g/mol. The third-order valence-corrected chi connectivity index (χ3v) is 6.69. The molecular formula is C20H24FN3O2S. The van der Waals surface area contributed by atoms with Crippen LogP contribution in [0.1, 0.15) is 36.3 Å². The van der Waals surface area contributed by atoms with Gasteiger partial charge in [-0.25, -0.2) is 14.2 Å². The number of aryl methyl sites for hydroxylation is 1. The molecular weight excluding hydrogens is 365 g/mol. The molecule has 7 heteroatoms. The maximum absolute atomic E-state index is 13.7. The molecule has 1 aliphatic heterocycles. The molecule has 2 aliphatic rings. The van der Waals surface area contributed by atoms with Gasteiger partial charge < -0.3 is 10.1 Å². The van der Waals surface area contributed by atoms with Crippen molar-refractivity contribution in [2.75, 3.05) is 11.9 Å². The molecule has 5 nitrogen and oxygen atoms in total. The van der Waals surface area contributed by atoms with Crippen molar-refractivity contribution in [1.82, 2.24) is 10.3 Å². The molecule has 0 bridgehead atoms. The van der Waals surface area contributed by atoms with Gasteiger partial charge in [-0.05, 0) is 30.5 Å². The second-order valence-corrected chi connectivity index (χ2v) is 9.15. The lowest BCUT2D eigenvalue weighted by atomic mass is 9.57. The number of urea groups is 1. The quantitative estimate of drug-likeness (QED) is 0.827. The van der Waals surface area contributed by atoms with E-state index in [1.165, 1.54) is 11.3 Å². The largest absolute Gasteiger partial charge is 0.377 e. The first-order valence-corrected chi connectivity index (χ1v) is 10.0. The van der Waals surface area contributed by atoms with Crippen molar-refractivity contribution in [3.8, 4) is 0 Å². The van der Waals surface area contributed by atoms with Crippen molar-refractivity contribution < 1.29 is 13.9 Å². The summed E-state index contributed by atoms with van der Waals surface area (Å²) in [6.07, 6.45) is 3.55. The number of carbonyl (C=O) groups is 1. The first-order valence-electron chi connectivity index (χ1n) is 9.23. The molecule has 2 fully saturated rings. The third-order valence-electron chi connectivity index (χ3n) is 5.78. The number of carbonyl (C=O) groups excluding carboxylic acids is 1. The standard InChI is InChI=1S/C20H24FN3O2S/c1-11-4-5-12(9-15(11)21)8-13-10-22-19(27-13)24-18(25)23-16-14-6-7-26-17(14)20(16,2)3/h4-5,9-10,14,16-17H,6-8H2,1-3H3,(H2,22,23,24,25)/t14-,16-,17-/m1/s1. The van der Waals surface area contributed by atoms with E-state index < -0.39 is 0 Å². The van der Waals surface area contributed by atoms with Crippen LogP contribution < -0.4 is 10.6 Å². The van der Waals surface area contributed by atoms with Gasteiger partial charge in [-0.3, -0.25) is 5.32 Å². The van der Waals surface area contributed by atoms with E-state index in [1.54, 1.807) is 25.3 Å². The molecule has 4 rings (SSSR count). The molecule has 2 amide bonds. The number of benzene rings is 1. The van der Waals surface area contributed by atoms with Crippen LogP contribution in [-0.2, 0) is 11.2 Å². The molecule has 1 aromatic heterocycles. The highest BCUT2D eigenvalue weighted by molar-refractivity contribution is 7.15. The molecule has 1 saturated heterocycles. The second-order valence-electron chi connectivity index (χ2n) is 8.03. The number of amides is 2. The van der Waals surface area contributed by atoms with Gasteiger partial charge in [0, 0.05) is 41.5 Å². The highest BCUT2D eigenvalue weighted by atomic mass is 32.1. The highest BCUT2D eigenvalue weighted by Crippen LogP contribution is 2.52. The van der Waals surface area contributed by atoms with E-state index in [0.29, 0.717) is 23.0 Å². The summed E-state index contributed by atoms with van der Waals surface area (Å²) in [5.74, 6) is 0.195. The topological polar surface area (TPSA) is 63.2 Å². The maximum Gasteiger partial charge on any atom is 0.321 e. The molecule has 27 heavy (non-hydrogen) atoms. The van der Waals surface area contributed by atoms with Crippen molar-refractivity contribution in [3.05, 3.63) is 46.2 Å². The average Bonchev–Trinajstić information content (AvgIpc) is 3.24. The monoisotopic (exact) mass is 389 g/mol. The smallest absolute Gasteiger partial charge is 0.321 e. The molecule has 2 aromatic rings. The van der Waals surface area contributed by atoms with E-state index in [-0.39, 0.29) is 29.4 Å². The Labute approximate surface area is 162 Å². The summed E-state index contributed by atoms with van der Waals surface area (Å²) in [7, 11) is 0. The van der Waals surface area contributed by atoms with Crippen LogP contribution in [0.15, 0.2) is 24.4 Å². The minimum atomic E-state index is -0.235. The number of nitrogens with one attached hydrogen (secondary N) is 2. The van der Waals surface area contributed by atoms with Crippen LogP contribution in [0.5, 0.6) is 0 Å². The van der Waals surface area contributed by atoms with Crippen LogP contribution in [0, 0.1) is 24.1 Å². The van der Waals surface area contributed by atoms with Gasteiger partial charge in [0.1, 0.15) is 5.82 Å². The van der Waals surface area contributed by atoms with Crippen LogP contribution >= 0.6 is 11.3 Å². The number of thiazole rings is 1. The first-order chi connectivity index (χ1) is 12.8. The van der Waals surface area contributed by atoms with Crippen molar-refractivity contribution in [3.63, 3.8) is 0 Å². The van der Waals surface area contributed by atoms with Crippen molar-refractivity contribution in [2.45, 2.75) is 45.8 Å². The number of aromatic nitrogens is 1. The fourth-order valence-corrected chi connectivity index (χ4v) is 5.13. The van der Waals surface area contributed by atoms with Crippen LogP contribution in [0.4, 0.5) is 14.3 Å². The Balaban J connectivity index is 1.35. The number of nitrogens with zero attached hydrogens (tertiary/aromatic N) is 1. The van der Waals surface area contributed by atoms with E-state index in [9.17, 15) is 9.18 Å². The predicted octanol–water partition coefficient (Wildman–Crippen LogP) is 4.12. The molecule has 2 N–H and O–H groups in total. The zero-order chi connectivity index (χ0) is 19.2. The zero-order valence-electron chi connectivity index (χ0n) is 15.7. The van der Waals surface area contributed by atoms with Crippen LogP contribution in [-0.4, -0.2) is 29.8 Å². The zero-order valence-corrected chi connectivity index (χ0v) is 16.5. The predicted molar refractivity (Wildman–Crippen MR) is 104 cm³/mol. The minimum Gasteiger partial charge on any atom is -0.377 e. The van der Waals surface area contributed by atoms with E-state index in [0.717, 1.165) is 23.5 Å². The van der Waals surface area contributed by atoms with E-state index in [1.807, 2.05) is 6.07 Å². The van der Waals surface area contributed by atoms with Gasteiger partial charge in [-0.2, -0.15) is 0 Å². The summed E-state index contributed by atoms with van der Waals surface area (Å²) >= 11 is 1.41. The SMILES string of the molecule is Cc1ccc(Cc2cnc(NC(=O)N[C@@H]3[C@H]4CCO[C@H]4C3(C)C)s2)cc1F. The molecule has 144 valence electrons. The van der Waals surface area contributed by atoms with Gasteiger partial charge in [0.05, 0.1) is 6.10 Å². The lowest BCUT2D eigenvalue weighted by molar-refractivity contribution is -0.107. The normalized spacial score (nSPS) is 25.6. The lowest BCUT2D eigenvalue weighted by Gasteiger charge is -2.54. The molecule has 1 aromatic carbocycles. The molecule has 0 unspecified atom stereocenters. The second kappa shape index (κ2) is 6.87. The Hall–Kier alpha value is -1.99. The van der Waals surface area contributed by atoms with E-state index in [4.69, 9.17) is 4.74 Å². The third kappa shape index (κ3) is 3.46. The number of fused-ring (bicyclic) bond motifs is 1. The van der Waals surface area contributed by atoms with Gasteiger partial charge in [-0.15, -0.1) is 11.3 Å². The summed E-state index contributed by atoms with van der Waals surface area (Å²) in [5, 5.41) is 6.46. The van der Waals surface area contributed by atoms with Crippen molar-refractivity contribution >= 4 is 22.5 Å². The van der Waals surface area contributed by atoms with Crippen molar-refractivity contribution in [2.24, 2.45) is 11.3 Å². The van der Waals surface area contributed by atoms with Crippen LogP contribution in [0.2, 0.25) is 0 Å². The Morgan fingerprint density at radius 1 is 1.44 bits per heavy atom. The maximum atomic E-state index is 13.7. The van der Waals surface area contributed by atoms with Crippen molar-refractivity contribution in [1.29, 1.82) is 0 Å². The number of halogens is 1. The fraction of sp³-hybridized carbons (Fsp3) is 0.500. The highest BCUT2D eigenvalue weighted by Gasteiger charge is 2.59. The number of anilines is 1. The molecule has 1 aliphatic carbocycles. The van der Waals surface area contributed by atoms with Crippen LogP contribution in [0.25, 0.3) is 0 Å². The van der Waals surface area contributed by atoms with E-state index in [2.05, 4.69) is 29.5 Å². The van der Waals surface area contributed by atoms with Crippen LogP contribution in [0.3, 0.4) is 0 Å². The Morgan fingerprint density at radius 2 is 2.26 bits per heavy atom. The van der Waals surface area contributed by atoms with Gasteiger partial charge in [0.2, 0.25) is 0 Å². The minimum absolute atomic E-state index is 0.0535. The van der Waals surface area contributed by atoms with Gasteiger partial charge in [0.25, 0.3) is 0 Å². The number of hydrogen-bond donors (Lipinski definition) is 2. The summed E-state index contributed by atoms with van der Waals surface area (Å²) < 4.78 is 19.5. The molecule has 0 spiro atoms. The fourth-order valence-electron chi connectivity index (χ4n) is 4.29. The molecule has 2 heterocycles. The summed E-state index contributed by atoms with van der Waals surface area (Å²) in [6, 6.07) is 5.11. The molecule has 3 atom stereocenters. The summed E-state index contributed by atoms with van der Waals surface area (Å²) in [6.45, 7) is 6.78. The van der Waals surface area contributed by atoms with Gasteiger partial charge in [-0.1, -0.05) is 26.0 Å². The Kier molecular flexibility index (Phi) is 4.68. The van der Waals surface area contributed by atoms with Gasteiger partial charge >= 0.3 is 6.03 Å². The van der Waals surface area contributed by atoms with Gasteiger partial charge in [0.15, 0.2) is 5.13 Å². The van der Waals surface area contributed by atoms with E-state index >= 15 is 0 Å².